The van der Waals surface area contributed by atoms with Crippen molar-refractivity contribution in [2.24, 2.45) is 0 Å². The Bertz CT molecular complexity index is 2000. The number of sulfone groups is 2. The number of Topliss-reactive ketones (excluding diaryl/α,β-unsaturated/α-hetero) is 1. The highest BCUT2D eigenvalue weighted by Crippen LogP contribution is 2.40. The van der Waals surface area contributed by atoms with E-state index in [4.69, 9.17) is 0 Å². The lowest BCUT2D eigenvalue weighted by Gasteiger charge is -2.40. The fraction of sp³-hybridized carbons (Fsp3) is 0.444. The predicted molar refractivity (Wildman–Crippen MR) is 218 cm³/mol. The van der Waals surface area contributed by atoms with Gasteiger partial charge in [0.25, 0.3) is 0 Å². The Hall–Kier alpha value is -3.71. The fourth-order valence-corrected chi connectivity index (χ4v) is 12.2. The zero-order valence-corrected chi connectivity index (χ0v) is 33.8. The molecule has 4 aromatic rings. The third-order valence-electron chi connectivity index (χ3n) is 12.5. The average molecular weight is 795 g/mol. The molecule has 11 heteroatoms. The van der Waals surface area contributed by atoms with Crippen LogP contribution in [0.15, 0.2) is 129 Å². The van der Waals surface area contributed by atoms with Crippen molar-refractivity contribution >= 4 is 25.5 Å². The van der Waals surface area contributed by atoms with Crippen molar-refractivity contribution in [1.29, 1.82) is 0 Å². The molecule has 4 aliphatic heterocycles. The number of likely N-dealkylation sites (tertiary alicyclic amines) is 4. The Morgan fingerprint density at radius 1 is 0.464 bits per heavy atom. The van der Waals surface area contributed by atoms with Gasteiger partial charge in [-0.05, 0) is 150 Å². The molecule has 0 unspecified atom stereocenters. The molecule has 4 aromatic carbocycles. The third-order valence-corrected chi connectivity index (χ3v) is 16.1. The third kappa shape index (κ3) is 8.17. The predicted octanol–water partition coefficient (Wildman–Crippen LogP) is 6.82. The minimum absolute atomic E-state index is 0.0592. The van der Waals surface area contributed by atoms with Crippen LogP contribution in [-0.2, 0) is 24.5 Å². The number of nitrogens with zero attached hydrogens (tertiary/aromatic N) is 4. The monoisotopic (exact) mass is 794 g/mol. The van der Waals surface area contributed by atoms with Crippen LogP contribution in [-0.4, -0.2) is 107 Å². The lowest BCUT2D eigenvalue weighted by atomic mass is 9.90. The molecule has 4 aliphatic rings. The Kier molecular flexibility index (Phi) is 11.9. The molecule has 0 N–H and O–H groups in total. The van der Waals surface area contributed by atoms with E-state index in [1.165, 1.54) is 25.7 Å². The van der Waals surface area contributed by atoms with Crippen molar-refractivity contribution in [3.05, 3.63) is 120 Å². The maximum atomic E-state index is 15.8. The second kappa shape index (κ2) is 17.0. The molecule has 296 valence electrons. The van der Waals surface area contributed by atoms with Crippen LogP contribution in [0.5, 0.6) is 0 Å². The average Bonchev–Trinajstić information content (AvgIpc) is 4.08. The summed E-state index contributed by atoms with van der Waals surface area (Å²) in [4.78, 5) is 26.6. The van der Waals surface area contributed by atoms with Gasteiger partial charge in [-0.25, -0.2) is 16.8 Å². The number of rotatable bonds is 14. The molecule has 4 atom stereocenters. The van der Waals surface area contributed by atoms with E-state index in [1.807, 2.05) is 24.3 Å². The molecule has 0 radical (unpaired) electrons. The quantitative estimate of drug-likeness (QED) is 0.136. The van der Waals surface area contributed by atoms with E-state index < -0.39 is 31.8 Å². The van der Waals surface area contributed by atoms with Crippen LogP contribution in [0.3, 0.4) is 0 Å². The molecule has 4 fully saturated rings. The standard InChI is InChI=1S/C45H54N4O5S2/c50-45(43(48-31-11-13-37(48)33-46-27-7-8-28-46)35-19-23-41(24-20-35)55(51,52)39-15-3-1-4-16-39)44(49-32-12-14-38(49)34-47-29-9-10-30-47)36-21-25-42(26-22-36)56(53,54)40-17-5-2-6-18-40/h1-6,15-26,37-38,43-44H,7-14,27-34H2/t37-,38-,43-,44-/m0/s1. The van der Waals surface area contributed by atoms with Gasteiger partial charge >= 0.3 is 0 Å². The zero-order chi connectivity index (χ0) is 38.7. The maximum Gasteiger partial charge on any atom is 0.206 e. The molecule has 4 heterocycles. The highest BCUT2D eigenvalue weighted by atomic mass is 32.2. The highest BCUT2D eigenvalue weighted by Gasteiger charge is 2.44. The topological polar surface area (TPSA) is 98.3 Å². The second-order valence-electron chi connectivity index (χ2n) is 16.1. The van der Waals surface area contributed by atoms with Crippen LogP contribution in [0.4, 0.5) is 0 Å². The van der Waals surface area contributed by atoms with E-state index >= 15 is 4.79 Å². The maximum absolute atomic E-state index is 15.8. The molecule has 0 bridgehead atoms. The van der Waals surface area contributed by atoms with Gasteiger partial charge in [-0.3, -0.25) is 14.6 Å². The zero-order valence-electron chi connectivity index (χ0n) is 32.2. The summed E-state index contributed by atoms with van der Waals surface area (Å²) in [7, 11) is -7.48. The molecule has 56 heavy (non-hydrogen) atoms. The van der Waals surface area contributed by atoms with Gasteiger partial charge in [0, 0.05) is 25.2 Å². The lowest BCUT2D eigenvalue weighted by molar-refractivity contribution is -0.131. The van der Waals surface area contributed by atoms with Crippen molar-refractivity contribution in [2.45, 2.75) is 95.1 Å². The first-order valence-corrected chi connectivity index (χ1v) is 23.5. The lowest BCUT2D eigenvalue weighted by Crippen LogP contribution is -2.49. The Labute approximate surface area is 333 Å². The van der Waals surface area contributed by atoms with Gasteiger partial charge in [0.05, 0.1) is 31.7 Å². The van der Waals surface area contributed by atoms with Gasteiger partial charge in [-0.15, -0.1) is 0 Å². The van der Waals surface area contributed by atoms with Gasteiger partial charge in [0.1, 0.15) is 0 Å². The first-order chi connectivity index (χ1) is 27.2. The van der Waals surface area contributed by atoms with Crippen LogP contribution < -0.4 is 0 Å². The van der Waals surface area contributed by atoms with E-state index in [1.54, 1.807) is 84.9 Å². The fourth-order valence-electron chi connectivity index (χ4n) is 9.63. The summed E-state index contributed by atoms with van der Waals surface area (Å²) in [6.45, 7) is 7.64. The summed E-state index contributed by atoms with van der Waals surface area (Å²) in [5.74, 6) is 0.0592. The summed E-state index contributed by atoms with van der Waals surface area (Å²) in [6.07, 6.45) is 8.74. The van der Waals surface area contributed by atoms with Crippen LogP contribution >= 0.6 is 0 Å². The smallest absolute Gasteiger partial charge is 0.206 e. The van der Waals surface area contributed by atoms with Crippen molar-refractivity contribution in [1.82, 2.24) is 19.6 Å². The van der Waals surface area contributed by atoms with Crippen LogP contribution in [0.25, 0.3) is 0 Å². The van der Waals surface area contributed by atoms with Crippen molar-refractivity contribution in [3.8, 4) is 0 Å². The number of hydrogen-bond donors (Lipinski definition) is 0. The van der Waals surface area contributed by atoms with Crippen molar-refractivity contribution in [3.63, 3.8) is 0 Å². The molecule has 9 nitrogen and oxygen atoms in total. The summed E-state index contributed by atoms with van der Waals surface area (Å²) < 4.78 is 54.6. The molecule has 0 spiro atoms. The molecule has 0 aromatic heterocycles. The van der Waals surface area contributed by atoms with Crippen molar-refractivity contribution in [2.75, 3.05) is 52.4 Å². The first-order valence-electron chi connectivity index (χ1n) is 20.5. The molecule has 0 amide bonds. The Morgan fingerprint density at radius 2 is 0.804 bits per heavy atom. The molecular weight excluding hydrogens is 741 g/mol. The van der Waals surface area contributed by atoms with Crippen LogP contribution in [0, 0.1) is 0 Å². The largest absolute Gasteiger partial charge is 0.302 e. The Morgan fingerprint density at radius 3 is 1.16 bits per heavy atom. The first kappa shape index (κ1) is 39.1. The molecule has 8 rings (SSSR count). The van der Waals surface area contributed by atoms with Gasteiger partial charge in [0.2, 0.25) is 19.7 Å². The molecule has 0 saturated carbocycles. The Balaban J connectivity index is 1.19. The van der Waals surface area contributed by atoms with E-state index in [-0.39, 0.29) is 37.4 Å². The van der Waals surface area contributed by atoms with E-state index in [0.29, 0.717) is 0 Å². The highest BCUT2D eigenvalue weighted by molar-refractivity contribution is 7.91. The summed E-state index contributed by atoms with van der Waals surface area (Å²) in [5, 5.41) is 0. The summed E-state index contributed by atoms with van der Waals surface area (Å²) >= 11 is 0. The van der Waals surface area contributed by atoms with Gasteiger partial charge in [-0.2, -0.15) is 0 Å². The summed E-state index contributed by atoms with van der Waals surface area (Å²) in [6, 6.07) is 30.1. The minimum atomic E-state index is -3.74. The van der Waals surface area contributed by atoms with E-state index in [9.17, 15) is 16.8 Å². The SMILES string of the molecule is O=C([C@H](c1ccc(S(=O)(=O)c2ccccc2)cc1)N1CCC[C@H]1CN1CCCC1)[C@H](c1ccc(S(=O)(=O)c2ccccc2)cc1)N1CCC[C@H]1CN1CCCC1. The van der Waals surface area contributed by atoms with Gasteiger partial charge in [-0.1, -0.05) is 60.7 Å². The number of carbonyl (C=O) groups excluding carboxylic acids is 1. The molecule has 4 saturated heterocycles. The van der Waals surface area contributed by atoms with E-state index in [0.717, 1.165) is 89.2 Å². The molecular formula is C45H54N4O5S2. The molecule has 0 aliphatic carbocycles. The van der Waals surface area contributed by atoms with E-state index in [2.05, 4.69) is 19.6 Å². The second-order valence-corrected chi connectivity index (χ2v) is 20.0. The normalized spacial score (nSPS) is 22.8. The van der Waals surface area contributed by atoms with Gasteiger partial charge in [0.15, 0.2) is 5.78 Å². The van der Waals surface area contributed by atoms with Crippen LogP contribution in [0.1, 0.15) is 74.6 Å². The van der Waals surface area contributed by atoms with Crippen LogP contribution in [0.2, 0.25) is 0 Å². The van der Waals surface area contributed by atoms with Gasteiger partial charge < -0.3 is 9.80 Å². The summed E-state index contributed by atoms with van der Waals surface area (Å²) in [5.41, 5.74) is 1.58. The number of hydrogen-bond acceptors (Lipinski definition) is 9. The number of ketones is 1. The van der Waals surface area contributed by atoms with Crippen molar-refractivity contribution < 1.29 is 21.6 Å². The number of carbonyl (C=O) groups is 1. The minimum Gasteiger partial charge on any atom is -0.302 e. The number of benzene rings is 4.